The molecule has 140 valence electrons. The molecular weight excluding hydrogens is 372 g/mol. The molecule has 0 amide bonds. The monoisotopic (exact) mass is 390 g/mol. The molecule has 0 unspecified atom stereocenters. The summed E-state index contributed by atoms with van der Waals surface area (Å²) in [5.74, 6) is 1.40. The molecule has 28 heavy (non-hydrogen) atoms. The number of rotatable bonds is 5. The molecule has 1 N–H and O–H groups in total. The summed E-state index contributed by atoms with van der Waals surface area (Å²) in [5, 5.41) is 11.8. The first-order valence-electron chi connectivity index (χ1n) is 8.98. The second-order valence-electron chi connectivity index (χ2n) is 6.54. The Kier molecular flexibility index (Phi) is 5.08. The van der Waals surface area contributed by atoms with Gasteiger partial charge in [0, 0.05) is 42.3 Å². The van der Waals surface area contributed by atoms with Gasteiger partial charge in [-0.1, -0.05) is 29.8 Å². The number of hydrogen-bond acceptors (Lipinski definition) is 5. The molecule has 0 atom stereocenters. The number of aromatic hydroxyl groups is 1. The molecule has 6 heteroatoms. The molecule has 2 aromatic carbocycles. The van der Waals surface area contributed by atoms with Crippen LogP contribution in [-0.2, 0) is 6.42 Å². The number of anilines is 1. The second kappa shape index (κ2) is 7.82. The summed E-state index contributed by atoms with van der Waals surface area (Å²) in [4.78, 5) is 15.9. The summed E-state index contributed by atoms with van der Waals surface area (Å²) >= 11 is 6.19. The van der Waals surface area contributed by atoms with Gasteiger partial charge in [0.25, 0.3) is 0 Å². The van der Waals surface area contributed by atoms with Crippen LogP contribution in [0.5, 0.6) is 5.75 Å². The summed E-state index contributed by atoms with van der Waals surface area (Å²) in [6.45, 7) is 0.742. The summed E-state index contributed by atoms with van der Waals surface area (Å²) in [5.41, 5.74) is 2.35. The van der Waals surface area contributed by atoms with Crippen molar-refractivity contribution in [2.24, 2.45) is 0 Å². The van der Waals surface area contributed by atoms with E-state index >= 15 is 0 Å². The standard InChI is InChI=1S/C22H19ClN4O/c1-27(13-11-16-6-4-5-12-24-16)22-17-10-9-15(23)14-19(17)25-21(26-22)18-7-2-3-8-20(18)28/h2-10,12,14,28H,11,13H2,1H3. The van der Waals surface area contributed by atoms with Crippen LogP contribution in [0.25, 0.3) is 22.3 Å². The van der Waals surface area contributed by atoms with Crippen LogP contribution in [0.1, 0.15) is 5.69 Å². The molecule has 2 heterocycles. The third kappa shape index (κ3) is 3.75. The Hall–Kier alpha value is -3.18. The second-order valence-corrected chi connectivity index (χ2v) is 6.98. The maximum absolute atomic E-state index is 10.2. The number of aromatic nitrogens is 3. The fourth-order valence-corrected chi connectivity index (χ4v) is 3.26. The number of likely N-dealkylation sites (N-methyl/N-ethyl adjacent to an activating group) is 1. The van der Waals surface area contributed by atoms with Crippen LogP contribution in [0.2, 0.25) is 5.02 Å². The van der Waals surface area contributed by atoms with Crippen molar-refractivity contribution in [3.05, 3.63) is 77.6 Å². The topological polar surface area (TPSA) is 62.1 Å². The zero-order valence-electron chi connectivity index (χ0n) is 15.4. The van der Waals surface area contributed by atoms with Crippen molar-refractivity contribution in [1.29, 1.82) is 0 Å². The molecule has 5 nitrogen and oxygen atoms in total. The zero-order valence-corrected chi connectivity index (χ0v) is 16.1. The summed E-state index contributed by atoms with van der Waals surface area (Å²) < 4.78 is 0. The zero-order chi connectivity index (χ0) is 19.5. The molecule has 0 bridgehead atoms. The van der Waals surface area contributed by atoms with E-state index in [9.17, 15) is 5.11 Å². The van der Waals surface area contributed by atoms with Crippen molar-refractivity contribution in [1.82, 2.24) is 15.0 Å². The van der Waals surface area contributed by atoms with E-state index in [0.717, 1.165) is 35.4 Å². The molecule has 4 aromatic rings. The van der Waals surface area contributed by atoms with Crippen molar-refractivity contribution in [3.8, 4) is 17.1 Å². The number of nitrogens with zero attached hydrogens (tertiary/aromatic N) is 4. The Balaban J connectivity index is 1.76. The summed E-state index contributed by atoms with van der Waals surface area (Å²) in [7, 11) is 1.99. The SMILES string of the molecule is CN(CCc1ccccn1)c1nc(-c2ccccc2O)nc2cc(Cl)ccc12. The van der Waals surface area contributed by atoms with Crippen LogP contribution in [0.3, 0.4) is 0 Å². The highest BCUT2D eigenvalue weighted by molar-refractivity contribution is 6.31. The fourth-order valence-electron chi connectivity index (χ4n) is 3.09. The van der Waals surface area contributed by atoms with Crippen LogP contribution in [0.4, 0.5) is 5.82 Å². The first kappa shape index (κ1) is 18.2. The van der Waals surface area contributed by atoms with Crippen molar-refractivity contribution in [2.75, 3.05) is 18.5 Å². The largest absolute Gasteiger partial charge is 0.507 e. The number of halogens is 1. The molecule has 2 aromatic heterocycles. The maximum Gasteiger partial charge on any atom is 0.165 e. The van der Waals surface area contributed by atoms with Gasteiger partial charge in [-0.25, -0.2) is 9.97 Å². The molecule has 0 aliphatic carbocycles. The number of pyridine rings is 1. The lowest BCUT2D eigenvalue weighted by Crippen LogP contribution is -2.22. The first-order valence-corrected chi connectivity index (χ1v) is 9.36. The van der Waals surface area contributed by atoms with Crippen molar-refractivity contribution < 1.29 is 5.11 Å². The summed E-state index contributed by atoms with van der Waals surface area (Å²) in [6, 6.07) is 18.6. The average molecular weight is 391 g/mol. The Labute approximate surface area is 168 Å². The highest BCUT2D eigenvalue weighted by atomic mass is 35.5. The third-order valence-electron chi connectivity index (χ3n) is 4.57. The van der Waals surface area contributed by atoms with Crippen LogP contribution in [-0.4, -0.2) is 33.7 Å². The van der Waals surface area contributed by atoms with E-state index in [4.69, 9.17) is 16.6 Å². The van der Waals surface area contributed by atoms with Crippen LogP contribution in [0.15, 0.2) is 66.9 Å². The molecule has 0 aliphatic heterocycles. The number of phenolic OH excluding ortho intramolecular Hbond substituents is 1. The first-order chi connectivity index (χ1) is 13.6. The van der Waals surface area contributed by atoms with E-state index in [1.807, 2.05) is 49.5 Å². The van der Waals surface area contributed by atoms with Gasteiger partial charge >= 0.3 is 0 Å². The minimum atomic E-state index is 0.144. The van der Waals surface area contributed by atoms with Gasteiger partial charge in [-0.2, -0.15) is 0 Å². The van der Waals surface area contributed by atoms with Gasteiger partial charge in [-0.3, -0.25) is 4.98 Å². The van der Waals surface area contributed by atoms with E-state index in [1.54, 1.807) is 24.4 Å². The molecule has 0 radical (unpaired) electrons. The van der Waals surface area contributed by atoms with E-state index in [-0.39, 0.29) is 5.75 Å². The normalized spacial score (nSPS) is 10.9. The van der Waals surface area contributed by atoms with Crippen molar-refractivity contribution in [2.45, 2.75) is 6.42 Å². The lowest BCUT2D eigenvalue weighted by molar-refractivity contribution is 0.477. The molecule has 0 saturated carbocycles. The lowest BCUT2D eigenvalue weighted by Gasteiger charge is -2.21. The Morgan fingerprint density at radius 2 is 1.82 bits per heavy atom. The highest BCUT2D eigenvalue weighted by Gasteiger charge is 2.15. The molecule has 0 fully saturated rings. The van der Waals surface area contributed by atoms with E-state index in [0.29, 0.717) is 16.4 Å². The predicted octanol–water partition coefficient (Wildman–Crippen LogP) is 4.73. The molecule has 0 spiro atoms. The number of hydrogen-bond donors (Lipinski definition) is 1. The van der Waals surface area contributed by atoms with E-state index in [2.05, 4.69) is 14.9 Å². The van der Waals surface area contributed by atoms with Gasteiger partial charge in [0.05, 0.1) is 11.1 Å². The third-order valence-corrected chi connectivity index (χ3v) is 4.81. The van der Waals surface area contributed by atoms with Gasteiger partial charge in [0.15, 0.2) is 5.82 Å². The van der Waals surface area contributed by atoms with Gasteiger partial charge in [0.1, 0.15) is 11.6 Å². The highest BCUT2D eigenvalue weighted by Crippen LogP contribution is 2.32. The summed E-state index contributed by atoms with van der Waals surface area (Å²) in [6.07, 6.45) is 2.59. The lowest BCUT2D eigenvalue weighted by atomic mass is 10.1. The van der Waals surface area contributed by atoms with Crippen molar-refractivity contribution in [3.63, 3.8) is 0 Å². The number of phenols is 1. The Morgan fingerprint density at radius 1 is 1.00 bits per heavy atom. The fraction of sp³-hybridized carbons (Fsp3) is 0.136. The Morgan fingerprint density at radius 3 is 2.61 bits per heavy atom. The van der Waals surface area contributed by atoms with Crippen LogP contribution < -0.4 is 4.90 Å². The minimum absolute atomic E-state index is 0.144. The van der Waals surface area contributed by atoms with Crippen LogP contribution in [0, 0.1) is 0 Å². The van der Waals surface area contributed by atoms with Crippen molar-refractivity contribution >= 4 is 28.3 Å². The van der Waals surface area contributed by atoms with Crippen LogP contribution >= 0.6 is 11.6 Å². The van der Waals surface area contributed by atoms with Gasteiger partial charge in [-0.05, 0) is 42.5 Å². The molecular formula is C22H19ClN4O. The number of benzene rings is 2. The maximum atomic E-state index is 10.2. The average Bonchev–Trinajstić information content (AvgIpc) is 2.72. The quantitative estimate of drug-likeness (QED) is 0.533. The van der Waals surface area contributed by atoms with E-state index < -0.39 is 0 Å². The number of fused-ring (bicyclic) bond motifs is 1. The van der Waals surface area contributed by atoms with E-state index in [1.165, 1.54) is 0 Å². The van der Waals surface area contributed by atoms with Gasteiger partial charge in [0.2, 0.25) is 0 Å². The molecule has 4 rings (SSSR count). The predicted molar refractivity (Wildman–Crippen MR) is 113 cm³/mol. The molecule has 0 saturated heterocycles. The smallest absolute Gasteiger partial charge is 0.165 e. The number of para-hydroxylation sites is 1. The van der Waals surface area contributed by atoms with Gasteiger partial charge in [-0.15, -0.1) is 0 Å². The van der Waals surface area contributed by atoms with Gasteiger partial charge < -0.3 is 10.0 Å². The molecule has 0 aliphatic rings. The minimum Gasteiger partial charge on any atom is -0.507 e. The Bertz CT molecular complexity index is 1120.